The van der Waals surface area contributed by atoms with E-state index in [1.807, 2.05) is 0 Å². The van der Waals surface area contributed by atoms with Crippen LogP contribution >= 0.6 is 0 Å². The number of carbonyl (C=O) groups excluding carboxylic acids is 1. The lowest BCUT2D eigenvalue weighted by Gasteiger charge is -2.35. The van der Waals surface area contributed by atoms with Crippen LogP contribution in [0.2, 0.25) is 0 Å². The first-order valence-corrected chi connectivity index (χ1v) is 16.7. The van der Waals surface area contributed by atoms with E-state index in [2.05, 4.69) is 70.5 Å². The van der Waals surface area contributed by atoms with Crippen LogP contribution in [0.3, 0.4) is 0 Å². The van der Waals surface area contributed by atoms with Gasteiger partial charge in [-0.1, -0.05) is 48.5 Å². The Hall–Kier alpha value is -1.40. The molecular formula is C34H60N4O2. The minimum absolute atomic E-state index is 0.151. The van der Waals surface area contributed by atoms with Crippen LogP contribution in [-0.2, 0) is 9.53 Å². The lowest BCUT2D eigenvalue weighted by molar-refractivity contribution is -0.126. The number of hydrogen-bond donors (Lipinski definition) is 1. The third kappa shape index (κ3) is 7.91. The molecule has 0 aromatic rings. The van der Waals surface area contributed by atoms with Crippen LogP contribution in [0.4, 0.5) is 0 Å². The Morgan fingerprint density at radius 3 is 2.23 bits per heavy atom. The van der Waals surface area contributed by atoms with Crippen molar-refractivity contribution in [3.8, 4) is 0 Å². The molecule has 8 atom stereocenters. The van der Waals surface area contributed by atoms with Crippen molar-refractivity contribution in [3.63, 3.8) is 0 Å². The lowest BCUT2D eigenvalue weighted by Crippen LogP contribution is -2.43. The van der Waals surface area contributed by atoms with Crippen LogP contribution in [0.5, 0.6) is 0 Å². The largest absolute Gasteiger partial charge is 0.448 e. The molecule has 3 fully saturated rings. The molecule has 3 heterocycles. The molecule has 1 amide bonds. The highest BCUT2D eigenvalue weighted by Gasteiger charge is 2.41. The number of ether oxygens (including phenoxy) is 1. The van der Waals surface area contributed by atoms with E-state index in [-0.39, 0.29) is 11.8 Å². The molecule has 6 heteroatoms. The van der Waals surface area contributed by atoms with E-state index in [0.29, 0.717) is 23.7 Å². The molecule has 6 nitrogen and oxygen atoms in total. The van der Waals surface area contributed by atoms with Crippen LogP contribution < -0.4 is 5.32 Å². The fraction of sp³-hybridized carbons (Fsp3) is 0.882. The number of piperidine rings is 2. The van der Waals surface area contributed by atoms with Gasteiger partial charge in [0.05, 0.1) is 6.54 Å². The zero-order valence-electron chi connectivity index (χ0n) is 27.0. The standard InChI is InChI=1S/C34H60N4O2/c1-22-16-23(2)20-38(19-22)13-9-12-35-33(39)30-10-14-37(15-11-30)21-31-18-36-34(40-29(31)8)32-25(4)17-24(3)26(5)27(6)28(32)7/h22-28,30,32H,9-21H2,1-8H3,(H,35,39)/t22-,23?,24?,25+,26-,27?,28?,32?/m1/s1. The number of aliphatic imine (C=N–C) groups is 1. The second-order valence-corrected chi connectivity index (χ2v) is 14.6. The number of carbonyl (C=O) groups is 1. The summed E-state index contributed by atoms with van der Waals surface area (Å²) in [6.07, 6.45) is 5.54. The number of likely N-dealkylation sites (tertiary alicyclic amines) is 2. The highest BCUT2D eigenvalue weighted by Crippen LogP contribution is 2.44. The molecule has 1 aliphatic carbocycles. The zero-order chi connectivity index (χ0) is 29.0. The van der Waals surface area contributed by atoms with E-state index >= 15 is 0 Å². The van der Waals surface area contributed by atoms with Gasteiger partial charge in [0.2, 0.25) is 5.91 Å². The first-order chi connectivity index (χ1) is 19.0. The normalized spacial score (nSPS) is 37.0. The number of amides is 1. The summed E-state index contributed by atoms with van der Waals surface area (Å²) in [7, 11) is 0. The van der Waals surface area contributed by atoms with E-state index in [4.69, 9.17) is 9.73 Å². The number of rotatable bonds is 8. The Morgan fingerprint density at radius 2 is 1.57 bits per heavy atom. The van der Waals surface area contributed by atoms with Crippen molar-refractivity contribution in [1.82, 2.24) is 15.1 Å². The van der Waals surface area contributed by atoms with E-state index in [1.165, 1.54) is 31.5 Å². The first kappa shape index (κ1) is 31.5. The number of hydrogen-bond acceptors (Lipinski definition) is 5. The van der Waals surface area contributed by atoms with Crippen LogP contribution in [0.1, 0.15) is 87.5 Å². The second kappa shape index (κ2) is 14.2. The van der Waals surface area contributed by atoms with Crippen molar-refractivity contribution in [1.29, 1.82) is 0 Å². The van der Waals surface area contributed by atoms with Crippen LogP contribution in [0.25, 0.3) is 0 Å². The molecule has 0 aromatic carbocycles. The van der Waals surface area contributed by atoms with Crippen molar-refractivity contribution < 1.29 is 9.53 Å². The Balaban J connectivity index is 1.19. The van der Waals surface area contributed by atoms with Crippen molar-refractivity contribution in [2.45, 2.75) is 87.5 Å². The van der Waals surface area contributed by atoms with E-state index in [9.17, 15) is 4.79 Å². The molecule has 228 valence electrons. The average molecular weight is 557 g/mol. The molecule has 0 aromatic heterocycles. The molecule has 4 aliphatic rings. The second-order valence-electron chi connectivity index (χ2n) is 14.6. The molecule has 5 unspecified atom stereocenters. The van der Waals surface area contributed by atoms with Gasteiger partial charge in [-0.15, -0.1) is 0 Å². The van der Waals surface area contributed by atoms with Crippen molar-refractivity contribution in [2.24, 2.45) is 58.3 Å². The van der Waals surface area contributed by atoms with Crippen LogP contribution in [0.15, 0.2) is 16.3 Å². The van der Waals surface area contributed by atoms with Crippen LogP contribution in [0, 0.1) is 53.3 Å². The smallest absolute Gasteiger partial charge is 0.223 e. The summed E-state index contributed by atoms with van der Waals surface area (Å²) in [4.78, 5) is 23.0. The van der Waals surface area contributed by atoms with Gasteiger partial charge in [0, 0.05) is 43.6 Å². The number of nitrogens with one attached hydrogen (secondary N) is 1. The predicted octanol–water partition coefficient (Wildman–Crippen LogP) is 6.09. The van der Waals surface area contributed by atoms with Crippen molar-refractivity contribution in [2.75, 3.05) is 52.4 Å². The van der Waals surface area contributed by atoms with E-state index in [0.717, 1.165) is 93.9 Å². The summed E-state index contributed by atoms with van der Waals surface area (Å²) in [6.45, 7) is 26.9. The topological polar surface area (TPSA) is 57.2 Å². The molecule has 1 N–H and O–H groups in total. The summed E-state index contributed by atoms with van der Waals surface area (Å²) < 4.78 is 6.50. The Labute approximate surface area is 245 Å². The molecule has 2 saturated heterocycles. The molecule has 0 radical (unpaired) electrons. The average Bonchev–Trinajstić information content (AvgIpc) is 2.97. The minimum Gasteiger partial charge on any atom is -0.448 e. The number of nitrogens with zero attached hydrogens (tertiary/aromatic N) is 3. The van der Waals surface area contributed by atoms with Crippen LogP contribution in [-0.4, -0.2) is 74.0 Å². The fourth-order valence-corrected chi connectivity index (χ4v) is 8.40. The lowest BCUT2D eigenvalue weighted by atomic mass is 9.75. The van der Waals surface area contributed by atoms with Gasteiger partial charge in [0.15, 0.2) is 5.90 Å². The van der Waals surface area contributed by atoms with Gasteiger partial charge in [-0.25, -0.2) is 0 Å². The summed E-state index contributed by atoms with van der Waals surface area (Å²) in [6, 6.07) is 0. The Morgan fingerprint density at radius 1 is 0.900 bits per heavy atom. The molecule has 0 spiro atoms. The summed E-state index contributed by atoms with van der Waals surface area (Å²) in [5, 5.41) is 3.24. The fourth-order valence-electron chi connectivity index (χ4n) is 8.40. The van der Waals surface area contributed by atoms with Gasteiger partial charge in [0.25, 0.3) is 0 Å². The molecule has 4 rings (SSSR count). The van der Waals surface area contributed by atoms with Gasteiger partial charge >= 0.3 is 0 Å². The van der Waals surface area contributed by atoms with Crippen molar-refractivity contribution >= 4 is 11.8 Å². The van der Waals surface area contributed by atoms with Gasteiger partial charge < -0.3 is 15.0 Å². The van der Waals surface area contributed by atoms with Gasteiger partial charge in [0.1, 0.15) is 5.76 Å². The van der Waals surface area contributed by atoms with Gasteiger partial charge in [-0.2, -0.15) is 0 Å². The summed E-state index contributed by atoms with van der Waals surface area (Å²) in [5.41, 5.74) is 1.30. The maximum absolute atomic E-state index is 12.8. The zero-order valence-corrected chi connectivity index (χ0v) is 27.0. The van der Waals surface area contributed by atoms with E-state index < -0.39 is 0 Å². The number of allylic oxidation sites excluding steroid dienone is 1. The predicted molar refractivity (Wildman–Crippen MR) is 166 cm³/mol. The summed E-state index contributed by atoms with van der Waals surface area (Å²) in [5.74, 6) is 7.75. The van der Waals surface area contributed by atoms with Crippen molar-refractivity contribution in [3.05, 3.63) is 11.3 Å². The molecule has 1 saturated carbocycles. The molecule has 0 bridgehead atoms. The monoisotopic (exact) mass is 556 g/mol. The van der Waals surface area contributed by atoms with E-state index in [1.54, 1.807) is 0 Å². The van der Waals surface area contributed by atoms with Gasteiger partial charge in [-0.05, 0) is 100 Å². The maximum atomic E-state index is 12.8. The highest BCUT2D eigenvalue weighted by molar-refractivity contribution is 5.81. The Bertz CT molecular complexity index is 898. The van der Waals surface area contributed by atoms with Gasteiger partial charge in [-0.3, -0.25) is 14.7 Å². The summed E-state index contributed by atoms with van der Waals surface area (Å²) >= 11 is 0. The maximum Gasteiger partial charge on any atom is 0.223 e. The highest BCUT2D eigenvalue weighted by atomic mass is 16.5. The third-order valence-corrected chi connectivity index (χ3v) is 11.2. The molecule has 3 aliphatic heterocycles. The first-order valence-electron chi connectivity index (χ1n) is 16.7. The quantitative estimate of drug-likeness (QED) is 0.291. The molecular weight excluding hydrogens is 496 g/mol. The third-order valence-electron chi connectivity index (χ3n) is 11.2. The Kier molecular flexibility index (Phi) is 11.2. The minimum atomic E-state index is 0.151. The molecule has 40 heavy (non-hydrogen) atoms. The SMILES string of the molecule is CC1=C(CN2CCC(C(=O)NCCCN3CC(C)C[C@@H](C)C3)CC2)CN=C(C2C(C)C(C)[C@H](C)C(C)C[C@@H]2C)O1.